The van der Waals surface area contributed by atoms with Crippen molar-refractivity contribution in [3.63, 3.8) is 0 Å². The third-order valence-electron chi connectivity index (χ3n) is 2.53. The van der Waals surface area contributed by atoms with Crippen LogP contribution in [0.15, 0.2) is 17.8 Å². The molecule has 0 amide bonds. The van der Waals surface area contributed by atoms with E-state index in [0.29, 0.717) is 0 Å². The lowest BCUT2D eigenvalue weighted by Crippen LogP contribution is -2.06. The summed E-state index contributed by atoms with van der Waals surface area (Å²) >= 11 is 1.71. The second-order valence-electron chi connectivity index (χ2n) is 3.98. The third-order valence-corrected chi connectivity index (χ3v) is 3.43. The Morgan fingerprint density at radius 1 is 1.47 bits per heavy atom. The molecule has 0 aliphatic carbocycles. The van der Waals surface area contributed by atoms with Gasteiger partial charge in [0.2, 0.25) is 0 Å². The van der Waals surface area contributed by atoms with Gasteiger partial charge in [0.25, 0.3) is 0 Å². The van der Waals surface area contributed by atoms with E-state index in [1.54, 1.807) is 11.3 Å². The van der Waals surface area contributed by atoms with Crippen molar-refractivity contribution < 1.29 is 0 Å². The van der Waals surface area contributed by atoms with Gasteiger partial charge in [0.1, 0.15) is 10.8 Å². The van der Waals surface area contributed by atoms with Gasteiger partial charge in [-0.05, 0) is 13.5 Å². The van der Waals surface area contributed by atoms with Crippen LogP contribution < -0.4 is 5.32 Å². The SMILES string of the molecule is CCCc1nccn1Cc1csc(CNC)n1. The van der Waals surface area contributed by atoms with Crippen LogP contribution in [0.2, 0.25) is 0 Å². The molecule has 2 rings (SSSR count). The van der Waals surface area contributed by atoms with Crippen molar-refractivity contribution in [2.75, 3.05) is 7.05 Å². The summed E-state index contributed by atoms with van der Waals surface area (Å²) in [6, 6.07) is 0. The molecule has 0 saturated heterocycles. The van der Waals surface area contributed by atoms with Gasteiger partial charge in [-0.15, -0.1) is 11.3 Å². The maximum Gasteiger partial charge on any atom is 0.108 e. The average molecular weight is 250 g/mol. The highest BCUT2D eigenvalue weighted by Gasteiger charge is 2.05. The first-order valence-corrected chi connectivity index (χ1v) is 6.79. The second kappa shape index (κ2) is 5.93. The Morgan fingerprint density at radius 3 is 3.12 bits per heavy atom. The normalized spacial score (nSPS) is 10.9. The monoisotopic (exact) mass is 250 g/mol. The summed E-state index contributed by atoms with van der Waals surface area (Å²) in [6.07, 6.45) is 6.05. The molecule has 2 aromatic heterocycles. The van der Waals surface area contributed by atoms with Gasteiger partial charge in [0.15, 0.2) is 0 Å². The molecule has 2 aromatic rings. The van der Waals surface area contributed by atoms with Crippen molar-refractivity contribution in [3.05, 3.63) is 34.3 Å². The second-order valence-corrected chi connectivity index (χ2v) is 4.93. The summed E-state index contributed by atoms with van der Waals surface area (Å²) in [4.78, 5) is 8.95. The molecule has 4 nitrogen and oxygen atoms in total. The molecule has 0 radical (unpaired) electrons. The van der Waals surface area contributed by atoms with E-state index >= 15 is 0 Å². The van der Waals surface area contributed by atoms with E-state index in [9.17, 15) is 0 Å². The highest BCUT2D eigenvalue weighted by atomic mass is 32.1. The molecule has 5 heteroatoms. The number of rotatable bonds is 6. The van der Waals surface area contributed by atoms with Crippen molar-refractivity contribution in [3.8, 4) is 0 Å². The maximum atomic E-state index is 4.58. The quantitative estimate of drug-likeness (QED) is 0.853. The first-order valence-electron chi connectivity index (χ1n) is 5.91. The van der Waals surface area contributed by atoms with Crippen LogP contribution in [0.5, 0.6) is 0 Å². The van der Waals surface area contributed by atoms with E-state index in [0.717, 1.165) is 42.5 Å². The molecule has 17 heavy (non-hydrogen) atoms. The largest absolute Gasteiger partial charge is 0.329 e. The summed E-state index contributed by atoms with van der Waals surface area (Å²) in [5, 5.41) is 6.38. The van der Waals surface area contributed by atoms with E-state index < -0.39 is 0 Å². The Labute approximate surface area is 106 Å². The van der Waals surface area contributed by atoms with Gasteiger partial charge < -0.3 is 9.88 Å². The number of aryl methyl sites for hydroxylation is 1. The van der Waals surface area contributed by atoms with E-state index in [1.165, 1.54) is 0 Å². The van der Waals surface area contributed by atoms with Crippen LogP contribution in [0.25, 0.3) is 0 Å². The minimum Gasteiger partial charge on any atom is -0.329 e. The number of nitrogens with zero attached hydrogens (tertiary/aromatic N) is 3. The van der Waals surface area contributed by atoms with Gasteiger partial charge in [-0.3, -0.25) is 0 Å². The number of imidazole rings is 1. The predicted molar refractivity (Wildman–Crippen MR) is 70.2 cm³/mol. The molecule has 0 saturated carbocycles. The molecular weight excluding hydrogens is 232 g/mol. The molecule has 0 fully saturated rings. The van der Waals surface area contributed by atoms with E-state index in [1.807, 2.05) is 19.4 Å². The maximum absolute atomic E-state index is 4.58. The van der Waals surface area contributed by atoms with Crippen LogP contribution >= 0.6 is 11.3 Å². The van der Waals surface area contributed by atoms with Crippen LogP contribution in [0.4, 0.5) is 0 Å². The molecule has 0 aromatic carbocycles. The fourth-order valence-corrected chi connectivity index (χ4v) is 2.56. The number of nitrogens with one attached hydrogen (secondary N) is 1. The first-order chi connectivity index (χ1) is 8.33. The van der Waals surface area contributed by atoms with E-state index in [2.05, 4.69) is 32.2 Å². The third kappa shape index (κ3) is 3.14. The number of thiazole rings is 1. The zero-order valence-electron chi connectivity index (χ0n) is 10.3. The average Bonchev–Trinajstić information content (AvgIpc) is 2.91. The van der Waals surface area contributed by atoms with Gasteiger partial charge in [-0.1, -0.05) is 6.92 Å². The molecule has 0 atom stereocenters. The van der Waals surface area contributed by atoms with Crippen molar-refractivity contribution in [2.24, 2.45) is 0 Å². The molecular formula is C12H18N4S. The Balaban J connectivity index is 2.05. The minimum absolute atomic E-state index is 0.829. The zero-order valence-corrected chi connectivity index (χ0v) is 11.1. The molecule has 0 aliphatic heterocycles. The summed E-state index contributed by atoms with van der Waals surface area (Å²) in [6.45, 7) is 3.85. The van der Waals surface area contributed by atoms with Crippen LogP contribution in [0.1, 0.15) is 29.9 Å². The molecule has 0 spiro atoms. The molecule has 1 N–H and O–H groups in total. The number of hydrogen-bond donors (Lipinski definition) is 1. The number of hydrogen-bond acceptors (Lipinski definition) is 4. The van der Waals surface area contributed by atoms with Crippen LogP contribution in [-0.4, -0.2) is 21.6 Å². The Bertz CT molecular complexity index is 461. The molecule has 2 heterocycles. The Kier molecular flexibility index (Phi) is 4.28. The minimum atomic E-state index is 0.829. The van der Waals surface area contributed by atoms with Gasteiger partial charge in [-0.2, -0.15) is 0 Å². The van der Waals surface area contributed by atoms with Crippen LogP contribution in [-0.2, 0) is 19.5 Å². The molecule has 0 unspecified atom stereocenters. The summed E-state index contributed by atoms with van der Waals surface area (Å²) < 4.78 is 2.18. The van der Waals surface area contributed by atoms with Gasteiger partial charge >= 0.3 is 0 Å². The van der Waals surface area contributed by atoms with Crippen molar-refractivity contribution in [1.29, 1.82) is 0 Å². The van der Waals surface area contributed by atoms with Gasteiger partial charge in [0.05, 0.1) is 12.2 Å². The molecule has 92 valence electrons. The summed E-state index contributed by atoms with van der Waals surface area (Å²) in [7, 11) is 1.94. The predicted octanol–water partition coefficient (Wildman–Crippen LogP) is 2.06. The summed E-state index contributed by atoms with van der Waals surface area (Å²) in [5.74, 6) is 1.15. The fraction of sp³-hybridized carbons (Fsp3) is 0.500. The van der Waals surface area contributed by atoms with Crippen LogP contribution in [0, 0.1) is 0 Å². The lowest BCUT2D eigenvalue weighted by atomic mass is 10.3. The summed E-state index contributed by atoms with van der Waals surface area (Å²) in [5.41, 5.74) is 1.12. The van der Waals surface area contributed by atoms with E-state index in [-0.39, 0.29) is 0 Å². The van der Waals surface area contributed by atoms with Gasteiger partial charge in [0, 0.05) is 30.7 Å². The highest BCUT2D eigenvalue weighted by Crippen LogP contribution is 2.12. The standard InChI is InChI=1S/C12H18N4S/c1-3-4-11-14-5-6-16(11)8-10-9-17-12(15-10)7-13-2/h5-6,9,13H,3-4,7-8H2,1-2H3. The number of aromatic nitrogens is 3. The Hall–Kier alpha value is -1.20. The lowest BCUT2D eigenvalue weighted by molar-refractivity contribution is 0.692. The van der Waals surface area contributed by atoms with Crippen LogP contribution in [0.3, 0.4) is 0 Å². The van der Waals surface area contributed by atoms with Crippen molar-refractivity contribution in [1.82, 2.24) is 19.9 Å². The van der Waals surface area contributed by atoms with E-state index in [4.69, 9.17) is 0 Å². The van der Waals surface area contributed by atoms with Crippen molar-refractivity contribution >= 4 is 11.3 Å². The van der Waals surface area contributed by atoms with Gasteiger partial charge in [-0.25, -0.2) is 9.97 Å². The highest BCUT2D eigenvalue weighted by molar-refractivity contribution is 7.09. The fourth-order valence-electron chi connectivity index (χ4n) is 1.76. The Morgan fingerprint density at radius 2 is 2.35 bits per heavy atom. The molecule has 0 bridgehead atoms. The topological polar surface area (TPSA) is 42.7 Å². The van der Waals surface area contributed by atoms with Crippen molar-refractivity contribution in [2.45, 2.75) is 32.9 Å². The first kappa shape index (κ1) is 12.3. The smallest absolute Gasteiger partial charge is 0.108 e. The lowest BCUT2D eigenvalue weighted by Gasteiger charge is -2.04. The molecule has 0 aliphatic rings. The zero-order chi connectivity index (χ0) is 12.1.